The zero-order chi connectivity index (χ0) is 15.4. The van der Waals surface area contributed by atoms with Crippen LogP contribution in [0.2, 0.25) is 0 Å². The third-order valence-corrected chi connectivity index (χ3v) is 3.71. The molecule has 1 aromatic carbocycles. The molecule has 0 fully saturated rings. The highest BCUT2D eigenvalue weighted by Crippen LogP contribution is 2.24. The molecular formula is C20H21N. The summed E-state index contributed by atoms with van der Waals surface area (Å²) in [7, 11) is 0. The Hall–Kier alpha value is -2.41. The highest BCUT2D eigenvalue weighted by Gasteiger charge is 2.05. The van der Waals surface area contributed by atoms with E-state index >= 15 is 0 Å². The lowest BCUT2D eigenvalue weighted by Crippen LogP contribution is -1.92. The Morgan fingerprint density at radius 3 is 2.52 bits per heavy atom. The van der Waals surface area contributed by atoms with Gasteiger partial charge in [-0.05, 0) is 55.2 Å². The van der Waals surface area contributed by atoms with Crippen molar-refractivity contribution >= 4 is 17.0 Å². The van der Waals surface area contributed by atoms with Crippen LogP contribution in [0.3, 0.4) is 0 Å². The largest absolute Gasteiger partial charge is 0.248 e. The van der Waals surface area contributed by atoms with E-state index in [1.165, 1.54) is 22.1 Å². The first-order chi connectivity index (χ1) is 10.1. The smallest absolute Gasteiger partial charge is 0.0743 e. The van der Waals surface area contributed by atoms with Crippen molar-refractivity contribution in [3.05, 3.63) is 83.6 Å². The lowest BCUT2D eigenvalue weighted by Gasteiger charge is -2.09. The van der Waals surface area contributed by atoms with Crippen molar-refractivity contribution in [2.24, 2.45) is 0 Å². The molecule has 0 radical (unpaired) electrons. The number of allylic oxidation sites excluding steroid dienone is 5. The van der Waals surface area contributed by atoms with Crippen LogP contribution < -0.4 is 0 Å². The summed E-state index contributed by atoms with van der Waals surface area (Å²) in [6.07, 6.45) is 9.49. The van der Waals surface area contributed by atoms with Crippen LogP contribution in [-0.2, 0) is 0 Å². The molecule has 0 amide bonds. The molecule has 1 heterocycles. The summed E-state index contributed by atoms with van der Waals surface area (Å²) in [6.45, 7) is 13.9. The minimum absolute atomic E-state index is 0.951. The second kappa shape index (κ2) is 6.36. The lowest BCUT2D eigenvalue weighted by molar-refractivity contribution is 1.28. The standard InChI is InChI=1S/C20H21N/c1-6-8-17(7-2)9-10-18-11-12-19-15(4)13-14(3)16(5)20(19)21-18/h6-13H,1-2H2,3-5H3/b10-9+,17-8+. The fourth-order valence-electron chi connectivity index (χ4n) is 2.38. The summed E-state index contributed by atoms with van der Waals surface area (Å²) >= 11 is 0. The first kappa shape index (κ1) is 15.0. The van der Waals surface area contributed by atoms with Gasteiger partial charge in [0.1, 0.15) is 0 Å². The third-order valence-electron chi connectivity index (χ3n) is 3.71. The average molecular weight is 275 g/mol. The Balaban J connectivity index is 2.51. The monoisotopic (exact) mass is 275 g/mol. The number of hydrogen-bond acceptors (Lipinski definition) is 1. The molecule has 21 heavy (non-hydrogen) atoms. The molecule has 1 nitrogen and oxygen atoms in total. The van der Waals surface area contributed by atoms with Crippen LogP contribution in [0.4, 0.5) is 0 Å². The summed E-state index contributed by atoms with van der Waals surface area (Å²) in [5, 5.41) is 1.22. The number of aryl methyl sites for hydroxylation is 3. The Kier molecular flexibility index (Phi) is 4.54. The van der Waals surface area contributed by atoms with Crippen LogP contribution in [0.15, 0.2) is 61.2 Å². The fourth-order valence-corrected chi connectivity index (χ4v) is 2.38. The molecule has 1 heteroatoms. The maximum absolute atomic E-state index is 4.79. The molecule has 0 aliphatic rings. The zero-order valence-electron chi connectivity index (χ0n) is 13.0. The molecule has 2 aromatic rings. The lowest BCUT2D eigenvalue weighted by atomic mass is 10.0. The van der Waals surface area contributed by atoms with E-state index in [1.54, 1.807) is 12.2 Å². The average Bonchev–Trinajstić information content (AvgIpc) is 2.49. The maximum atomic E-state index is 4.79. The molecule has 0 aliphatic heterocycles. The maximum Gasteiger partial charge on any atom is 0.0743 e. The summed E-state index contributed by atoms with van der Waals surface area (Å²) in [4.78, 5) is 4.79. The predicted molar refractivity (Wildman–Crippen MR) is 93.5 cm³/mol. The molecular weight excluding hydrogens is 254 g/mol. The van der Waals surface area contributed by atoms with Crippen molar-refractivity contribution in [1.29, 1.82) is 0 Å². The quantitative estimate of drug-likeness (QED) is 0.674. The van der Waals surface area contributed by atoms with Crippen LogP contribution in [0.1, 0.15) is 22.4 Å². The Morgan fingerprint density at radius 2 is 1.86 bits per heavy atom. The number of fused-ring (bicyclic) bond motifs is 1. The van der Waals surface area contributed by atoms with Crippen molar-refractivity contribution in [3.63, 3.8) is 0 Å². The molecule has 0 saturated heterocycles. The Morgan fingerprint density at radius 1 is 1.10 bits per heavy atom. The molecule has 0 aliphatic carbocycles. The zero-order valence-corrected chi connectivity index (χ0v) is 13.0. The van der Waals surface area contributed by atoms with Gasteiger partial charge < -0.3 is 0 Å². The third kappa shape index (κ3) is 3.19. The first-order valence-electron chi connectivity index (χ1n) is 7.07. The molecule has 106 valence electrons. The number of aromatic nitrogens is 1. The molecule has 1 aromatic heterocycles. The van der Waals surface area contributed by atoms with E-state index in [-0.39, 0.29) is 0 Å². The van der Waals surface area contributed by atoms with Gasteiger partial charge in [-0.3, -0.25) is 0 Å². The second-order valence-corrected chi connectivity index (χ2v) is 5.21. The van der Waals surface area contributed by atoms with Gasteiger partial charge in [0.15, 0.2) is 0 Å². The molecule has 0 spiro atoms. The van der Waals surface area contributed by atoms with E-state index in [1.807, 2.05) is 18.2 Å². The minimum Gasteiger partial charge on any atom is -0.248 e. The van der Waals surface area contributed by atoms with E-state index in [2.05, 4.69) is 52.1 Å². The molecule has 0 N–H and O–H groups in total. The molecule has 0 bridgehead atoms. The summed E-state index contributed by atoms with van der Waals surface area (Å²) < 4.78 is 0. The van der Waals surface area contributed by atoms with Gasteiger partial charge >= 0.3 is 0 Å². The van der Waals surface area contributed by atoms with E-state index in [4.69, 9.17) is 4.98 Å². The van der Waals surface area contributed by atoms with Gasteiger partial charge in [-0.25, -0.2) is 4.98 Å². The summed E-state index contributed by atoms with van der Waals surface area (Å²) in [6, 6.07) is 6.42. The predicted octanol–water partition coefficient (Wildman–Crippen LogP) is 5.47. The van der Waals surface area contributed by atoms with Crippen molar-refractivity contribution < 1.29 is 0 Å². The minimum atomic E-state index is 0.951. The number of nitrogens with zero attached hydrogens (tertiary/aromatic N) is 1. The number of rotatable bonds is 4. The number of pyridine rings is 1. The number of hydrogen-bond donors (Lipinski definition) is 0. The van der Waals surface area contributed by atoms with Crippen molar-refractivity contribution in [2.45, 2.75) is 20.8 Å². The summed E-state index contributed by atoms with van der Waals surface area (Å²) in [5.41, 5.74) is 6.86. The normalized spacial score (nSPS) is 12.0. The van der Waals surface area contributed by atoms with Crippen LogP contribution in [0, 0.1) is 20.8 Å². The topological polar surface area (TPSA) is 12.9 Å². The molecule has 0 saturated carbocycles. The first-order valence-corrected chi connectivity index (χ1v) is 7.07. The van der Waals surface area contributed by atoms with E-state index in [0.29, 0.717) is 0 Å². The summed E-state index contributed by atoms with van der Waals surface area (Å²) in [5.74, 6) is 0. The van der Waals surface area contributed by atoms with E-state index in [0.717, 1.165) is 16.8 Å². The van der Waals surface area contributed by atoms with Crippen LogP contribution in [0.25, 0.3) is 17.0 Å². The van der Waals surface area contributed by atoms with Crippen molar-refractivity contribution in [2.75, 3.05) is 0 Å². The molecule has 0 unspecified atom stereocenters. The van der Waals surface area contributed by atoms with Gasteiger partial charge in [0.05, 0.1) is 11.2 Å². The molecule has 0 atom stereocenters. The SMILES string of the molecule is C=C/C=C(C=C)/C=C/c1ccc2c(C)cc(C)c(C)c2n1. The van der Waals surface area contributed by atoms with Crippen LogP contribution >= 0.6 is 0 Å². The van der Waals surface area contributed by atoms with Crippen LogP contribution in [-0.4, -0.2) is 4.98 Å². The van der Waals surface area contributed by atoms with Gasteiger partial charge in [0.25, 0.3) is 0 Å². The van der Waals surface area contributed by atoms with Crippen LogP contribution in [0.5, 0.6) is 0 Å². The van der Waals surface area contributed by atoms with Gasteiger partial charge in [-0.15, -0.1) is 0 Å². The van der Waals surface area contributed by atoms with Crippen molar-refractivity contribution in [1.82, 2.24) is 4.98 Å². The highest BCUT2D eigenvalue weighted by molar-refractivity contribution is 5.86. The fraction of sp³-hybridized carbons (Fsp3) is 0.150. The van der Waals surface area contributed by atoms with Crippen molar-refractivity contribution in [3.8, 4) is 0 Å². The van der Waals surface area contributed by atoms with E-state index < -0.39 is 0 Å². The Labute approximate surface area is 127 Å². The van der Waals surface area contributed by atoms with Gasteiger partial charge in [-0.1, -0.05) is 49.6 Å². The molecule has 2 rings (SSSR count). The van der Waals surface area contributed by atoms with Gasteiger partial charge in [0, 0.05) is 5.39 Å². The van der Waals surface area contributed by atoms with Gasteiger partial charge in [0.2, 0.25) is 0 Å². The van der Waals surface area contributed by atoms with Gasteiger partial charge in [-0.2, -0.15) is 0 Å². The second-order valence-electron chi connectivity index (χ2n) is 5.21. The van der Waals surface area contributed by atoms with E-state index in [9.17, 15) is 0 Å². The highest BCUT2D eigenvalue weighted by atomic mass is 14.7. The Bertz CT molecular complexity index is 761. The number of benzene rings is 1.